The van der Waals surface area contributed by atoms with E-state index in [9.17, 15) is 14.7 Å². The molecule has 1 aromatic carbocycles. The van der Waals surface area contributed by atoms with E-state index in [1.807, 2.05) is 0 Å². The second-order valence-corrected chi connectivity index (χ2v) is 4.53. The van der Waals surface area contributed by atoms with Crippen LogP contribution < -0.4 is 5.69 Å². The molecule has 1 aromatic heterocycles. The molecule has 0 radical (unpaired) electrons. The average molecular weight is 309 g/mol. The molecule has 5 nitrogen and oxygen atoms in total. The van der Waals surface area contributed by atoms with Crippen LogP contribution in [0.4, 0.5) is 0 Å². The largest absolute Gasteiger partial charge is 0.478 e. The van der Waals surface area contributed by atoms with Gasteiger partial charge in [-0.05, 0) is 13.0 Å². The van der Waals surface area contributed by atoms with Gasteiger partial charge in [-0.1, -0.05) is 34.1 Å². The van der Waals surface area contributed by atoms with Gasteiger partial charge < -0.3 is 10.1 Å². The maximum atomic E-state index is 11.4. The molecule has 18 heavy (non-hydrogen) atoms. The highest BCUT2D eigenvalue weighted by molar-refractivity contribution is 9.10. The van der Waals surface area contributed by atoms with Gasteiger partial charge in [-0.25, -0.2) is 9.59 Å². The van der Waals surface area contributed by atoms with Gasteiger partial charge in [0.15, 0.2) is 0 Å². The number of aromatic amines is 1. The number of halogens is 1. The third-order valence-corrected chi connectivity index (χ3v) is 3.15. The van der Waals surface area contributed by atoms with Gasteiger partial charge in [-0.3, -0.25) is 0 Å². The lowest BCUT2D eigenvalue weighted by Gasteiger charge is -2.08. The maximum Gasteiger partial charge on any atom is 0.345 e. The molecular weight excluding hydrogens is 300 g/mol. The van der Waals surface area contributed by atoms with Crippen molar-refractivity contribution in [3.05, 3.63) is 50.5 Å². The van der Waals surface area contributed by atoms with Crippen LogP contribution in [0.15, 0.2) is 33.5 Å². The Bertz CT molecular complexity index is 679. The van der Waals surface area contributed by atoms with Crippen LogP contribution in [0.25, 0.3) is 11.3 Å². The predicted octanol–water partition coefficient (Wildman–Crippen LogP) is 2.21. The van der Waals surface area contributed by atoms with Gasteiger partial charge in [-0.15, -0.1) is 0 Å². The van der Waals surface area contributed by atoms with Crippen LogP contribution in [-0.4, -0.2) is 21.0 Å². The monoisotopic (exact) mass is 308 g/mol. The van der Waals surface area contributed by atoms with Crippen molar-refractivity contribution in [1.29, 1.82) is 0 Å². The van der Waals surface area contributed by atoms with Crippen LogP contribution >= 0.6 is 15.9 Å². The molecule has 2 N–H and O–H groups in total. The summed E-state index contributed by atoms with van der Waals surface area (Å²) in [7, 11) is 0. The van der Waals surface area contributed by atoms with Gasteiger partial charge in [0.2, 0.25) is 0 Å². The number of hydrogen-bond donors (Lipinski definition) is 2. The molecule has 0 amide bonds. The molecule has 0 aliphatic carbocycles. The smallest absolute Gasteiger partial charge is 0.345 e. The van der Waals surface area contributed by atoms with Gasteiger partial charge in [0.05, 0.1) is 5.69 Å². The Labute approximate surface area is 111 Å². The van der Waals surface area contributed by atoms with E-state index in [0.29, 0.717) is 10.0 Å². The van der Waals surface area contributed by atoms with Crippen LogP contribution in [0.2, 0.25) is 0 Å². The zero-order valence-corrected chi connectivity index (χ0v) is 11.0. The first-order valence-electron chi connectivity index (χ1n) is 5.10. The van der Waals surface area contributed by atoms with Crippen LogP contribution in [0.3, 0.4) is 0 Å². The highest BCUT2D eigenvalue weighted by atomic mass is 79.9. The van der Waals surface area contributed by atoms with E-state index in [4.69, 9.17) is 0 Å². The number of carboxylic acids is 1. The van der Waals surface area contributed by atoms with E-state index in [0.717, 1.165) is 0 Å². The molecule has 92 valence electrons. The second-order valence-electron chi connectivity index (χ2n) is 3.68. The highest BCUT2D eigenvalue weighted by Crippen LogP contribution is 2.28. The Kier molecular flexibility index (Phi) is 3.29. The molecule has 0 atom stereocenters. The fourth-order valence-electron chi connectivity index (χ4n) is 1.70. The third-order valence-electron chi connectivity index (χ3n) is 2.46. The number of nitrogens with zero attached hydrogens (tertiary/aromatic N) is 1. The first kappa shape index (κ1) is 12.5. The molecule has 0 saturated carbocycles. The Morgan fingerprint density at radius 2 is 2.06 bits per heavy atom. The number of aromatic carboxylic acids is 1. The lowest BCUT2D eigenvalue weighted by molar-refractivity contribution is 0.0696. The van der Waals surface area contributed by atoms with Crippen LogP contribution in [0.1, 0.15) is 16.1 Å². The molecule has 0 unspecified atom stereocenters. The molecule has 0 saturated heterocycles. The first-order chi connectivity index (χ1) is 8.50. The summed E-state index contributed by atoms with van der Waals surface area (Å²) in [6.45, 7) is 1.53. The first-order valence-corrected chi connectivity index (χ1v) is 5.89. The molecule has 0 aliphatic heterocycles. The van der Waals surface area contributed by atoms with Crippen molar-refractivity contribution in [2.45, 2.75) is 6.92 Å². The van der Waals surface area contributed by atoms with Gasteiger partial charge in [0.25, 0.3) is 0 Å². The number of aryl methyl sites for hydroxylation is 1. The van der Waals surface area contributed by atoms with E-state index in [1.54, 1.807) is 24.3 Å². The number of carbonyl (C=O) groups is 1. The Morgan fingerprint density at radius 1 is 1.39 bits per heavy atom. The molecule has 2 aromatic rings. The van der Waals surface area contributed by atoms with E-state index in [2.05, 4.69) is 25.9 Å². The quantitative estimate of drug-likeness (QED) is 0.891. The fraction of sp³-hybridized carbons (Fsp3) is 0.0833. The van der Waals surface area contributed by atoms with E-state index in [-0.39, 0.29) is 17.0 Å². The summed E-state index contributed by atoms with van der Waals surface area (Å²) in [6.07, 6.45) is 0. The van der Waals surface area contributed by atoms with Crippen molar-refractivity contribution in [3.8, 4) is 11.3 Å². The van der Waals surface area contributed by atoms with Crippen molar-refractivity contribution < 1.29 is 9.90 Å². The summed E-state index contributed by atoms with van der Waals surface area (Å²) in [5.74, 6) is -1.12. The molecule has 6 heteroatoms. The zero-order chi connectivity index (χ0) is 13.3. The summed E-state index contributed by atoms with van der Waals surface area (Å²) >= 11 is 3.32. The summed E-state index contributed by atoms with van der Waals surface area (Å²) in [6, 6.07) is 7.02. The predicted molar refractivity (Wildman–Crippen MR) is 69.7 cm³/mol. The van der Waals surface area contributed by atoms with Crippen molar-refractivity contribution >= 4 is 21.9 Å². The van der Waals surface area contributed by atoms with Gasteiger partial charge in [0, 0.05) is 15.7 Å². The highest BCUT2D eigenvalue weighted by Gasteiger charge is 2.19. The van der Waals surface area contributed by atoms with Crippen LogP contribution in [0.5, 0.6) is 0 Å². The number of hydrogen-bond acceptors (Lipinski definition) is 3. The van der Waals surface area contributed by atoms with Crippen LogP contribution in [-0.2, 0) is 0 Å². The minimum absolute atomic E-state index is 0.00139. The molecule has 2 rings (SSSR count). The number of nitrogens with one attached hydrogen (secondary N) is 1. The summed E-state index contributed by atoms with van der Waals surface area (Å²) < 4.78 is 0.685. The Balaban J connectivity index is 2.82. The zero-order valence-electron chi connectivity index (χ0n) is 9.40. The van der Waals surface area contributed by atoms with Crippen molar-refractivity contribution in [2.24, 2.45) is 0 Å². The molecule has 0 fully saturated rings. The van der Waals surface area contributed by atoms with Gasteiger partial charge >= 0.3 is 11.7 Å². The lowest BCUT2D eigenvalue weighted by atomic mass is 10.1. The summed E-state index contributed by atoms with van der Waals surface area (Å²) in [5, 5.41) is 9.21. The molecule has 0 bridgehead atoms. The Morgan fingerprint density at radius 3 is 2.67 bits per heavy atom. The minimum atomic E-state index is -1.12. The fourth-order valence-corrected chi connectivity index (χ4v) is 2.17. The normalized spacial score (nSPS) is 10.3. The van der Waals surface area contributed by atoms with Crippen molar-refractivity contribution in [3.63, 3.8) is 0 Å². The SMILES string of the molecule is Cc1[nH]c(=O)nc(-c2ccccc2Br)c1C(=O)O. The number of H-pyrrole nitrogens is 1. The summed E-state index contributed by atoms with van der Waals surface area (Å²) in [5.41, 5.74) is 0.457. The van der Waals surface area contributed by atoms with Gasteiger partial charge in [0.1, 0.15) is 5.56 Å². The number of rotatable bonds is 2. The van der Waals surface area contributed by atoms with Gasteiger partial charge in [-0.2, -0.15) is 4.98 Å². The van der Waals surface area contributed by atoms with Crippen molar-refractivity contribution in [1.82, 2.24) is 9.97 Å². The van der Waals surface area contributed by atoms with E-state index in [1.165, 1.54) is 6.92 Å². The van der Waals surface area contributed by atoms with Crippen molar-refractivity contribution in [2.75, 3.05) is 0 Å². The lowest BCUT2D eigenvalue weighted by Crippen LogP contribution is -2.18. The van der Waals surface area contributed by atoms with E-state index < -0.39 is 11.7 Å². The molecular formula is C12H9BrN2O3. The number of carboxylic acid groups (broad SMARTS) is 1. The number of benzene rings is 1. The second kappa shape index (κ2) is 4.73. The molecule has 0 aliphatic rings. The Hall–Kier alpha value is -1.95. The van der Waals surface area contributed by atoms with E-state index >= 15 is 0 Å². The topological polar surface area (TPSA) is 83.0 Å². The van der Waals surface area contributed by atoms with Crippen LogP contribution in [0, 0.1) is 6.92 Å². The molecule has 1 heterocycles. The standard InChI is InChI=1S/C12H9BrN2O3/c1-6-9(11(16)17)10(15-12(18)14-6)7-4-2-3-5-8(7)13/h2-5H,1H3,(H,16,17)(H,14,15,18). The summed E-state index contributed by atoms with van der Waals surface area (Å²) in [4.78, 5) is 28.8. The number of aromatic nitrogens is 2. The third kappa shape index (κ3) is 2.19. The minimum Gasteiger partial charge on any atom is -0.478 e. The molecule has 0 spiro atoms. The average Bonchev–Trinajstić information content (AvgIpc) is 2.27. The maximum absolute atomic E-state index is 11.4.